The molecule has 0 aromatic heterocycles. The number of hydrogen-bond donors (Lipinski definition) is 3. The first-order valence-corrected chi connectivity index (χ1v) is 35.7. The normalized spacial score (nSPS) is 14.6. The number of unbranched alkanes of at least 4 members (excludes halogenated alkanes) is 25. The molecule has 19 heteroatoms. The van der Waals surface area contributed by atoms with E-state index in [-0.39, 0.29) is 25.7 Å². The number of phosphoric acid groups is 2. The Balaban J connectivity index is 5.27. The highest BCUT2D eigenvalue weighted by Gasteiger charge is 2.30. The smallest absolute Gasteiger partial charge is 0.462 e. The predicted molar refractivity (Wildman–Crippen MR) is 330 cm³/mol. The maximum absolute atomic E-state index is 13.0. The number of aliphatic hydroxyl groups excluding tert-OH is 1. The van der Waals surface area contributed by atoms with Crippen molar-refractivity contribution in [3.05, 3.63) is 24.3 Å². The fraction of sp³-hybridized carbons (Fsp3) is 0.875. The Labute approximate surface area is 503 Å². The molecule has 83 heavy (non-hydrogen) atoms. The molecule has 0 radical (unpaired) electrons. The van der Waals surface area contributed by atoms with Crippen LogP contribution in [-0.2, 0) is 65.4 Å². The summed E-state index contributed by atoms with van der Waals surface area (Å²) in [6, 6.07) is 0. The number of ether oxygens (including phenoxy) is 4. The van der Waals surface area contributed by atoms with Crippen molar-refractivity contribution < 1.29 is 80.2 Å². The first-order chi connectivity index (χ1) is 39.7. The van der Waals surface area contributed by atoms with Gasteiger partial charge < -0.3 is 33.8 Å². The lowest BCUT2D eigenvalue weighted by Crippen LogP contribution is -2.30. The van der Waals surface area contributed by atoms with E-state index >= 15 is 0 Å². The Morgan fingerprint density at radius 1 is 0.373 bits per heavy atom. The van der Waals surface area contributed by atoms with Crippen molar-refractivity contribution in [2.75, 3.05) is 39.6 Å². The van der Waals surface area contributed by atoms with Crippen LogP contribution in [0.2, 0.25) is 0 Å². The average Bonchev–Trinajstić information content (AvgIpc) is 3.45. The van der Waals surface area contributed by atoms with Crippen molar-refractivity contribution in [2.45, 2.75) is 304 Å². The van der Waals surface area contributed by atoms with E-state index in [2.05, 4.69) is 72.8 Å². The summed E-state index contributed by atoms with van der Waals surface area (Å²) in [5.74, 6) is -0.125. The van der Waals surface area contributed by atoms with Gasteiger partial charge >= 0.3 is 39.5 Å². The summed E-state index contributed by atoms with van der Waals surface area (Å²) in [5, 5.41) is 10.5. The van der Waals surface area contributed by atoms with Gasteiger partial charge in [-0.05, 0) is 69.1 Å². The van der Waals surface area contributed by atoms with Crippen LogP contribution in [0.25, 0.3) is 0 Å². The molecule has 5 atom stereocenters. The Bertz CT molecular complexity index is 1740. The molecule has 0 aromatic rings. The summed E-state index contributed by atoms with van der Waals surface area (Å²) in [6.45, 7) is 11.5. The van der Waals surface area contributed by atoms with Gasteiger partial charge in [0, 0.05) is 25.7 Å². The lowest BCUT2D eigenvalue weighted by Gasteiger charge is -2.21. The summed E-state index contributed by atoms with van der Waals surface area (Å²) in [6.07, 6.45) is 38.8. The molecule has 3 N–H and O–H groups in total. The second kappa shape index (κ2) is 54.9. The number of phosphoric ester groups is 2. The van der Waals surface area contributed by atoms with Crippen LogP contribution in [-0.4, -0.2) is 96.7 Å². The van der Waals surface area contributed by atoms with Gasteiger partial charge in [0.25, 0.3) is 0 Å². The third-order valence-corrected chi connectivity index (χ3v) is 15.9. The van der Waals surface area contributed by atoms with Crippen LogP contribution >= 0.6 is 15.6 Å². The summed E-state index contributed by atoms with van der Waals surface area (Å²) in [4.78, 5) is 72.1. The fourth-order valence-electron chi connectivity index (χ4n) is 8.94. The maximum atomic E-state index is 13.0. The summed E-state index contributed by atoms with van der Waals surface area (Å²) in [7, 11) is -9.90. The van der Waals surface area contributed by atoms with Gasteiger partial charge in [-0.15, -0.1) is 0 Å². The van der Waals surface area contributed by atoms with Gasteiger partial charge in [-0.3, -0.25) is 37.3 Å². The Morgan fingerprint density at radius 3 is 0.976 bits per heavy atom. The van der Waals surface area contributed by atoms with Crippen molar-refractivity contribution >= 4 is 39.5 Å². The molecule has 0 bridgehead atoms. The molecule has 0 rings (SSSR count). The molecule has 0 aliphatic heterocycles. The Hall–Kier alpha value is -2.46. The summed E-state index contributed by atoms with van der Waals surface area (Å²) >= 11 is 0. The molecule has 2 unspecified atom stereocenters. The highest BCUT2D eigenvalue weighted by Crippen LogP contribution is 2.45. The zero-order valence-corrected chi connectivity index (χ0v) is 54.9. The minimum absolute atomic E-state index is 0.0831. The summed E-state index contributed by atoms with van der Waals surface area (Å²) < 4.78 is 67.9. The van der Waals surface area contributed by atoms with Crippen LogP contribution in [0.3, 0.4) is 0 Å². The molecule has 488 valence electrons. The van der Waals surface area contributed by atoms with Gasteiger partial charge in [-0.2, -0.15) is 0 Å². The van der Waals surface area contributed by atoms with Crippen LogP contribution in [0, 0.1) is 17.8 Å². The largest absolute Gasteiger partial charge is 0.472 e. The zero-order valence-electron chi connectivity index (χ0n) is 53.1. The average molecular weight is 1220 g/mol. The number of carbonyl (C=O) groups excluding carboxylic acids is 4. The molecule has 0 fully saturated rings. The number of rotatable bonds is 60. The second-order valence-electron chi connectivity index (χ2n) is 23.9. The lowest BCUT2D eigenvalue weighted by molar-refractivity contribution is -0.161. The fourth-order valence-corrected chi connectivity index (χ4v) is 10.5. The molecular formula is C64H120O17P2. The number of hydrogen-bond acceptors (Lipinski definition) is 15. The third kappa shape index (κ3) is 58.3. The molecule has 0 amide bonds. The molecular weight excluding hydrogens is 1100 g/mol. The van der Waals surface area contributed by atoms with Crippen LogP contribution in [0.1, 0.15) is 286 Å². The lowest BCUT2D eigenvalue weighted by atomic mass is 10.0. The van der Waals surface area contributed by atoms with Crippen molar-refractivity contribution in [1.82, 2.24) is 0 Å². The van der Waals surface area contributed by atoms with E-state index in [1.807, 2.05) is 0 Å². The number of allylic oxidation sites excluding steroid dienone is 4. The van der Waals surface area contributed by atoms with Gasteiger partial charge in [0.05, 0.1) is 26.4 Å². The Morgan fingerprint density at radius 2 is 0.651 bits per heavy atom. The number of carbonyl (C=O) groups is 4. The molecule has 0 saturated carbocycles. The molecule has 0 heterocycles. The highest BCUT2D eigenvalue weighted by atomic mass is 31.2. The van der Waals surface area contributed by atoms with Crippen molar-refractivity contribution in [3.8, 4) is 0 Å². The highest BCUT2D eigenvalue weighted by molar-refractivity contribution is 7.47. The van der Waals surface area contributed by atoms with E-state index in [4.69, 9.17) is 37.0 Å². The van der Waals surface area contributed by atoms with Gasteiger partial charge in [-0.1, -0.05) is 233 Å². The van der Waals surface area contributed by atoms with Gasteiger partial charge in [0.1, 0.15) is 19.3 Å². The molecule has 0 aromatic carbocycles. The zero-order chi connectivity index (χ0) is 61.7. The monoisotopic (exact) mass is 1220 g/mol. The van der Waals surface area contributed by atoms with Crippen LogP contribution in [0.5, 0.6) is 0 Å². The van der Waals surface area contributed by atoms with E-state index in [9.17, 15) is 43.2 Å². The molecule has 0 spiro atoms. The van der Waals surface area contributed by atoms with Gasteiger partial charge in [-0.25, -0.2) is 9.13 Å². The van der Waals surface area contributed by atoms with Crippen LogP contribution < -0.4 is 0 Å². The maximum Gasteiger partial charge on any atom is 0.472 e. The third-order valence-electron chi connectivity index (χ3n) is 14.0. The van der Waals surface area contributed by atoms with E-state index in [1.54, 1.807) is 0 Å². The predicted octanol–water partition coefficient (Wildman–Crippen LogP) is 17.1. The summed E-state index contributed by atoms with van der Waals surface area (Å²) in [5.41, 5.74) is 0. The van der Waals surface area contributed by atoms with Crippen LogP contribution in [0.4, 0.5) is 0 Å². The molecule has 17 nitrogen and oxygen atoms in total. The molecule has 0 saturated heterocycles. The molecule has 0 aliphatic carbocycles. The minimum atomic E-state index is -4.95. The standard InChI is InChI=1S/C64H120O17P2/c1-8-9-10-11-12-13-14-15-16-17-18-19-22-33-40-47-63(68)80-59(51-74-61(66)45-38-31-26-24-29-36-43-56(4)5)53-78-82(70,71)76-49-58(65)50-77-83(72,73)79-54-60(52-75-62(67)46-39-32-27-25-30-37-44-57(6)7)81-64(69)48-41-34-23-20-21-28-35-42-55(2)3/h13-16,55-60,65H,8-12,17-54H2,1-7H3,(H,70,71)(H,72,73)/b14-13-,16-15-/t58-,59+,60+/m0/s1. The van der Waals surface area contributed by atoms with E-state index in [1.165, 1.54) is 70.6 Å². The first-order valence-electron chi connectivity index (χ1n) is 32.7. The SMILES string of the molecule is CCCCCC/C=C\C=C/CCCCCCCC(=O)O[C@H](COC(=O)CCCCCCCCC(C)C)COP(=O)(O)OC[C@H](O)COP(=O)(O)OC[C@@H](COC(=O)CCCCCCCCC(C)C)OC(=O)CCCCCCCCCC(C)C. The van der Waals surface area contributed by atoms with Gasteiger partial charge in [0.2, 0.25) is 0 Å². The van der Waals surface area contributed by atoms with Crippen molar-refractivity contribution in [1.29, 1.82) is 0 Å². The van der Waals surface area contributed by atoms with Crippen molar-refractivity contribution in [2.24, 2.45) is 17.8 Å². The van der Waals surface area contributed by atoms with E-state index < -0.39 is 97.5 Å². The second-order valence-corrected chi connectivity index (χ2v) is 26.8. The first kappa shape index (κ1) is 80.5. The number of aliphatic hydroxyl groups is 1. The van der Waals surface area contributed by atoms with Crippen molar-refractivity contribution in [3.63, 3.8) is 0 Å². The van der Waals surface area contributed by atoms with Crippen LogP contribution in [0.15, 0.2) is 24.3 Å². The van der Waals surface area contributed by atoms with E-state index in [0.717, 1.165) is 116 Å². The quantitative estimate of drug-likeness (QED) is 0.0169. The Kier molecular flexibility index (Phi) is 53.3. The topological polar surface area (TPSA) is 237 Å². The number of esters is 4. The minimum Gasteiger partial charge on any atom is -0.462 e. The van der Waals surface area contributed by atoms with Gasteiger partial charge in [0.15, 0.2) is 12.2 Å². The van der Waals surface area contributed by atoms with E-state index in [0.29, 0.717) is 43.4 Å². The molecule has 0 aliphatic rings.